The molecule has 0 aromatic carbocycles. The monoisotopic (exact) mass is 1300 g/mol. The van der Waals surface area contributed by atoms with Crippen LogP contribution in [0.5, 0.6) is 0 Å². The Hall–Kier alpha value is 0. The van der Waals surface area contributed by atoms with E-state index in [0.717, 1.165) is 136 Å². The summed E-state index contributed by atoms with van der Waals surface area (Å²) in [5, 5.41) is 0. The zero-order chi connectivity index (χ0) is 74.8. The molecule has 0 bridgehead atoms. The van der Waals surface area contributed by atoms with E-state index in [0.29, 0.717) is 27.1 Å². The van der Waals surface area contributed by atoms with Crippen LogP contribution in [0.25, 0.3) is 0 Å². The van der Waals surface area contributed by atoms with Gasteiger partial charge in [-0.05, 0) is 259 Å². The van der Waals surface area contributed by atoms with E-state index in [2.05, 4.69) is 325 Å². The van der Waals surface area contributed by atoms with Gasteiger partial charge >= 0.3 is 0 Å². The molecule has 0 radical (unpaired) electrons. The van der Waals surface area contributed by atoms with Gasteiger partial charge in [0.15, 0.2) is 0 Å². The third kappa shape index (κ3) is 60.0. The van der Waals surface area contributed by atoms with Crippen LogP contribution in [0.2, 0.25) is 0 Å². The van der Waals surface area contributed by atoms with Gasteiger partial charge in [-0.15, -0.1) is 0 Å². The van der Waals surface area contributed by atoms with Crippen molar-refractivity contribution in [1.82, 2.24) is 0 Å². The third-order valence-electron chi connectivity index (χ3n) is 21.2. The fraction of sp³-hybridized carbons (Fsp3) is 1.00. The van der Waals surface area contributed by atoms with E-state index in [1.165, 1.54) is 109 Å². The molecule has 566 valence electrons. The molecule has 0 heteroatoms. The Kier molecular flexibility index (Phi) is 62.8. The topological polar surface area (TPSA) is 0 Å². The molecule has 0 saturated carbocycles. The normalized spacial score (nSPS) is 13.1. The Morgan fingerprint density at radius 1 is 0.185 bits per heavy atom. The molecular formula is C92H198. The Bertz CT molecular complexity index is 1340. The van der Waals surface area contributed by atoms with Gasteiger partial charge in [0.2, 0.25) is 0 Å². The maximum atomic E-state index is 2.46. The van der Waals surface area contributed by atoms with Crippen LogP contribution in [0.4, 0.5) is 0 Å². The highest BCUT2D eigenvalue weighted by Gasteiger charge is 2.35. The lowest BCUT2D eigenvalue weighted by Gasteiger charge is -2.40. The van der Waals surface area contributed by atoms with Crippen molar-refractivity contribution < 1.29 is 0 Å². The standard InChI is InChI=1S/C15H32.C14H30.3C13H28.2C12H26/c1-8-15(9-12(2)3,10-13(4)5)11-14(6)7;1-8-14(13(6)7,9-11(2)3)10-12(4)5;3*1-10(2)8-13(7,12(5)6)9-11(3)4;2*1-9(2)7-12(11(5)6)8-10(3)4/h12-14H,8-11H2,1-7H3;11-13H,8-10H2,1-7H3;3*10-12H,8-9H2,1-7H3;2*9-12H,7-8H2,1-6H3. The van der Waals surface area contributed by atoms with E-state index in [4.69, 9.17) is 0 Å². The van der Waals surface area contributed by atoms with E-state index < -0.39 is 0 Å². The third-order valence-corrected chi connectivity index (χ3v) is 21.2. The molecular weight excluding hydrogens is 1110 g/mol. The summed E-state index contributed by atoms with van der Waals surface area (Å²) >= 11 is 0. The molecule has 0 fully saturated rings. The van der Waals surface area contributed by atoms with Gasteiger partial charge in [0, 0.05) is 0 Å². The second-order valence-corrected chi connectivity index (χ2v) is 41.3. The number of hydrogen-bond acceptors (Lipinski definition) is 0. The van der Waals surface area contributed by atoms with Gasteiger partial charge in [0.25, 0.3) is 0 Å². The Labute approximate surface area is 594 Å². The van der Waals surface area contributed by atoms with Crippen molar-refractivity contribution >= 4 is 0 Å². The molecule has 0 atom stereocenters. The average molecular weight is 1300 g/mol. The first-order valence-corrected chi connectivity index (χ1v) is 41.3. The maximum absolute atomic E-state index is 2.46. The summed E-state index contributed by atoms with van der Waals surface area (Å²) in [6, 6.07) is 0. The van der Waals surface area contributed by atoms with Crippen LogP contribution in [0.3, 0.4) is 0 Å². The summed E-state index contributed by atoms with van der Waals surface area (Å²) in [4.78, 5) is 0. The van der Waals surface area contributed by atoms with Crippen molar-refractivity contribution in [2.45, 2.75) is 435 Å². The number of hydrogen-bond donors (Lipinski definition) is 0. The Morgan fingerprint density at radius 3 is 0.435 bits per heavy atom. The largest absolute Gasteiger partial charge is 0.0649 e. The highest BCUT2D eigenvalue weighted by Crippen LogP contribution is 2.46. The molecule has 0 aliphatic heterocycles. The summed E-state index contributed by atoms with van der Waals surface area (Å²) in [7, 11) is 0. The van der Waals surface area contributed by atoms with Crippen LogP contribution < -0.4 is 0 Å². The van der Waals surface area contributed by atoms with Gasteiger partial charge < -0.3 is 0 Å². The van der Waals surface area contributed by atoms with Gasteiger partial charge in [0.1, 0.15) is 0 Å². The van der Waals surface area contributed by atoms with Crippen LogP contribution >= 0.6 is 0 Å². The zero-order valence-corrected chi connectivity index (χ0v) is 74.8. The van der Waals surface area contributed by atoms with E-state index in [-0.39, 0.29) is 0 Å². The van der Waals surface area contributed by atoms with Crippen LogP contribution in [-0.4, -0.2) is 0 Å². The second-order valence-electron chi connectivity index (χ2n) is 41.3. The molecule has 0 aliphatic rings. The first-order chi connectivity index (χ1) is 41.3. The highest BCUT2D eigenvalue weighted by molar-refractivity contribution is 4.86. The van der Waals surface area contributed by atoms with Gasteiger partial charge in [-0.25, -0.2) is 0 Å². The molecule has 0 saturated heterocycles. The van der Waals surface area contributed by atoms with Crippen molar-refractivity contribution in [3.63, 3.8) is 0 Å². The van der Waals surface area contributed by atoms with Crippen LogP contribution in [-0.2, 0) is 0 Å². The number of rotatable bonds is 38. The molecule has 0 rings (SSSR count). The van der Waals surface area contributed by atoms with Crippen molar-refractivity contribution in [1.29, 1.82) is 0 Å². The molecule has 0 spiro atoms. The van der Waals surface area contributed by atoms with Gasteiger partial charge in [-0.1, -0.05) is 338 Å². The highest BCUT2D eigenvalue weighted by atomic mass is 14.4. The zero-order valence-electron chi connectivity index (χ0n) is 74.8. The molecule has 0 aromatic heterocycles. The molecule has 92 heavy (non-hydrogen) atoms. The van der Waals surface area contributed by atoms with Crippen molar-refractivity contribution in [3.8, 4) is 0 Å². The molecule has 0 unspecified atom stereocenters. The summed E-state index contributed by atoms with van der Waals surface area (Å²) in [5.74, 6) is 19.4. The summed E-state index contributed by atoms with van der Waals surface area (Å²) < 4.78 is 0. The maximum Gasteiger partial charge on any atom is -0.0272 e. The molecule has 0 amide bonds. The SMILES string of the molecule is CC(C)CC(C)(CC(C)C)C(C)C.CC(C)CC(C)(CC(C)C)C(C)C.CC(C)CC(C)(CC(C)C)C(C)C.CC(C)CC(CC(C)C)C(C)C.CC(C)CC(CC(C)C)C(C)C.CCC(CC(C)C)(CC(C)C)C(C)C.CCC(CC(C)C)(CC(C)C)CC(C)C. The van der Waals surface area contributed by atoms with E-state index >= 15 is 0 Å². The van der Waals surface area contributed by atoms with Crippen molar-refractivity contribution in [2.24, 2.45) is 163 Å². The minimum absolute atomic E-state index is 0.544. The summed E-state index contributed by atoms with van der Waals surface area (Å²) in [6.07, 6.45) is 23.4. The fourth-order valence-electron chi connectivity index (χ4n) is 17.1. The molecule has 0 N–H and O–H groups in total. The minimum atomic E-state index is 0.544. The lowest BCUT2D eigenvalue weighted by Crippen LogP contribution is -2.30. The quantitative estimate of drug-likeness (QED) is 0.0578. The molecule has 0 aliphatic carbocycles. The molecule has 0 nitrogen and oxygen atoms in total. The first kappa shape index (κ1) is 105. The van der Waals surface area contributed by atoms with E-state index in [1.807, 2.05) is 0 Å². The fourth-order valence-corrected chi connectivity index (χ4v) is 17.1. The van der Waals surface area contributed by atoms with Crippen LogP contribution in [0, 0.1) is 163 Å². The Morgan fingerprint density at radius 2 is 0.348 bits per heavy atom. The summed E-state index contributed by atoms with van der Waals surface area (Å²) in [6.45, 7) is 111. The predicted molar refractivity (Wildman–Crippen MR) is 438 cm³/mol. The van der Waals surface area contributed by atoms with Gasteiger partial charge in [0.05, 0.1) is 0 Å². The van der Waals surface area contributed by atoms with Crippen molar-refractivity contribution in [2.75, 3.05) is 0 Å². The first-order valence-electron chi connectivity index (χ1n) is 41.3. The predicted octanol–water partition coefficient (Wildman–Crippen LogP) is 33.6. The van der Waals surface area contributed by atoms with Gasteiger partial charge in [-0.3, -0.25) is 0 Å². The van der Waals surface area contributed by atoms with Crippen LogP contribution in [0.1, 0.15) is 435 Å². The lowest BCUT2D eigenvalue weighted by molar-refractivity contribution is 0.105. The Balaban J connectivity index is -0.000000183. The van der Waals surface area contributed by atoms with Crippen molar-refractivity contribution in [3.05, 3.63) is 0 Å². The smallest absolute Gasteiger partial charge is 0.0272 e. The molecule has 0 aromatic rings. The van der Waals surface area contributed by atoms with E-state index in [9.17, 15) is 0 Å². The van der Waals surface area contributed by atoms with E-state index in [1.54, 1.807) is 0 Å². The second kappa shape index (κ2) is 54.8. The summed E-state index contributed by atoms with van der Waals surface area (Å²) in [5.41, 5.74) is 2.83. The lowest BCUT2D eigenvalue weighted by atomic mass is 9.65. The average Bonchev–Trinajstić information content (AvgIpc) is 1.31. The minimum Gasteiger partial charge on any atom is -0.0649 e. The van der Waals surface area contributed by atoms with Crippen LogP contribution in [0.15, 0.2) is 0 Å². The molecule has 0 heterocycles. The van der Waals surface area contributed by atoms with Gasteiger partial charge in [-0.2, -0.15) is 0 Å².